The highest BCUT2D eigenvalue weighted by Gasteiger charge is 2.17. The van der Waals surface area contributed by atoms with Crippen LogP contribution in [0.15, 0.2) is 12.4 Å². The molecular weight excluding hydrogens is 232 g/mol. The van der Waals surface area contributed by atoms with Gasteiger partial charge >= 0.3 is 0 Å². The molecule has 1 aromatic heterocycles. The minimum Gasteiger partial charge on any atom is -0.481 e. The van der Waals surface area contributed by atoms with Crippen LogP contribution in [0.1, 0.15) is 31.4 Å². The van der Waals surface area contributed by atoms with E-state index < -0.39 is 0 Å². The summed E-state index contributed by atoms with van der Waals surface area (Å²) in [5, 5.41) is 0. The van der Waals surface area contributed by atoms with Crippen LogP contribution in [0.2, 0.25) is 0 Å². The molecule has 0 spiro atoms. The van der Waals surface area contributed by atoms with Gasteiger partial charge in [0.1, 0.15) is 12.1 Å². The molecule has 5 heteroatoms. The molecule has 1 atom stereocenters. The number of aromatic nitrogens is 2. The first-order valence-electron chi connectivity index (χ1n) is 6.26. The van der Waals surface area contributed by atoms with E-state index in [1.54, 1.807) is 13.2 Å². The van der Waals surface area contributed by atoms with Crippen molar-refractivity contribution in [3.05, 3.63) is 18.1 Å². The number of Topliss-reactive ketones (excluding diaryl/α,β-unsaturated/α-hetero) is 1. The van der Waals surface area contributed by atoms with Gasteiger partial charge in [0.25, 0.3) is 0 Å². The summed E-state index contributed by atoms with van der Waals surface area (Å²) in [6, 6.07) is 1.70. The van der Waals surface area contributed by atoms with Gasteiger partial charge in [-0.2, -0.15) is 0 Å². The number of hydrogen-bond donors (Lipinski definition) is 0. The number of ketones is 1. The highest BCUT2D eigenvalue weighted by molar-refractivity contribution is 5.80. The fourth-order valence-corrected chi connectivity index (χ4v) is 2.07. The van der Waals surface area contributed by atoms with Gasteiger partial charge in [0.05, 0.1) is 18.9 Å². The molecule has 2 heterocycles. The molecule has 0 saturated carbocycles. The molecule has 0 aromatic carbocycles. The average molecular weight is 250 g/mol. The van der Waals surface area contributed by atoms with Crippen molar-refractivity contribution in [2.45, 2.75) is 38.2 Å². The van der Waals surface area contributed by atoms with E-state index in [1.807, 2.05) is 0 Å². The van der Waals surface area contributed by atoms with E-state index in [4.69, 9.17) is 9.47 Å². The normalized spacial score (nSPS) is 18.8. The largest absolute Gasteiger partial charge is 0.481 e. The lowest BCUT2D eigenvalue weighted by molar-refractivity contribution is -0.119. The number of hydrogen-bond acceptors (Lipinski definition) is 5. The van der Waals surface area contributed by atoms with E-state index in [0.717, 1.165) is 25.9 Å². The lowest BCUT2D eigenvalue weighted by Crippen LogP contribution is -2.11. The number of carbonyl (C=O) groups is 1. The van der Waals surface area contributed by atoms with Gasteiger partial charge in [0.15, 0.2) is 0 Å². The monoisotopic (exact) mass is 250 g/mol. The van der Waals surface area contributed by atoms with Crippen LogP contribution in [0, 0.1) is 0 Å². The van der Waals surface area contributed by atoms with Crippen molar-refractivity contribution < 1.29 is 14.3 Å². The molecule has 1 aromatic rings. The Morgan fingerprint density at radius 3 is 3.17 bits per heavy atom. The first kappa shape index (κ1) is 13.0. The number of ether oxygens (including phenoxy) is 2. The molecule has 0 aliphatic carbocycles. The van der Waals surface area contributed by atoms with Crippen LogP contribution in [0.3, 0.4) is 0 Å². The highest BCUT2D eigenvalue weighted by Crippen LogP contribution is 2.17. The second kappa shape index (κ2) is 6.44. The van der Waals surface area contributed by atoms with E-state index in [0.29, 0.717) is 24.4 Å². The summed E-state index contributed by atoms with van der Waals surface area (Å²) in [4.78, 5) is 19.8. The SMILES string of the molecule is COc1cc(CC(=O)CCC2CCCO2)ncn1. The zero-order valence-electron chi connectivity index (χ0n) is 10.6. The first-order chi connectivity index (χ1) is 8.78. The smallest absolute Gasteiger partial charge is 0.216 e. The molecular formula is C13H18N2O3. The van der Waals surface area contributed by atoms with Crippen LogP contribution in [-0.2, 0) is 16.0 Å². The number of rotatable bonds is 6. The zero-order chi connectivity index (χ0) is 12.8. The molecule has 1 saturated heterocycles. The molecule has 98 valence electrons. The van der Waals surface area contributed by atoms with E-state index in [1.165, 1.54) is 6.33 Å². The van der Waals surface area contributed by atoms with E-state index in [9.17, 15) is 4.79 Å². The summed E-state index contributed by atoms with van der Waals surface area (Å²) in [6.45, 7) is 0.835. The van der Waals surface area contributed by atoms with Crippen LogP contribution in [0.4, 0.5) is 0 Å². The third-order valence-corrected chi connectivity index (χ3v) is 3.06. The molecule has 0 radical (unpaired) electrons. The minimum atomic E-state index is 0.186. The van der Waals surface area contributed by atoms with E-state index >= 15 is 0 Å². The Labute approximate surface area is 107 Å². The fourth-order valence-electron chi connectivity index (χ4n) is 2.07. The second-order valence-corrected chi connectivity index (χ2v) is 4.44. The van der Waals surface area contributed by atoms with Gasteiger partial charge in [-0.3, -0.25) is 4.79 Å². The molecule has 0 N–H and O–H groups in total. The Morgan fingerprint density at radius 2 is 2.44 bits per heavy atom. The van der Waals surface area contributed by atoms with Crippen molar-refractivity contribution in [3.8, 4) is 5.88 Å². The van der Waals surface area contributed by atoms with Crippen molar-refractivity contribution >= 4 is 5.78 Å². The second-order valence-electron chi connectivity index (χ2n) is 4.44. The molecule has 0 amide bonds. The average Bonchev–Trinajstić information content (AvgIpc) is 2.90. The summed E-state index contributed by atoms with van der Waals surface area (Å²) in [6.07, 6.45) is 5.59. The van der Waals surface area contributed by atoms with Gasteiger partial charge in [-0.25, -0.2) is 9.97 Å². The third-order valence-electron chi connectivity index (χ3n) is 3.06. The fraction of sp³-hybridized carbons (Fsp3) is 0.615. The van der Waals surface area contributed by atoms with Crippen LogP contribution in [0.25, 0.3) is 0 Å². The van der Waals surface area contributed by atoms with Crippen molar-refractivity contribution in [2.24, 2.45) is 0 Å². The summed E-state index contributed by atoms with van der Waals surface area (Å²) >= 11 is 0. The molecule has 0 bridgehead atoms. The molecule has 1 unspecified atom stereocenters. The number of carbonyl (C=O) groups excluding carboxylic acids is 1. The van der Waals surface area contributed by atoms with Crippen LogP contribution < -0.4 is 4.74 Å². The predicted molar refractivity (Wildman–Crippen MR) is 65.5 cm³/mol. The number of nitrogens with zero attached hydrogens (tertiary/aromatic N) is 2. The molecule has 1 fully saturated rings. The maximum atomic E-state index is 11.8. The molecule has 5 nitrogen and oxygen atoms in total. The van der Waals surface area contributed by atoms with E-state index in [2.05, 4.69) is 9.97 Å². The van der Waals surface area contributed by atoms with Gasteiger partial charge in [-0.05, 0) is 19.3 Å². The Hall–Kier alpha value is -1.49. The van der Waals surface area contributed by atoms with Crippen molar-refractivity contribution in [1.29, 1.82) is 0 Å². The van der Waals surface area contributed by atoms with E-state index in [-0.39, 0.29) is 11.9 Å². The number of methoxy groups -OCH3 is 1. The minimum absolute atomic E-state index is 0.186. The Bertz CT molecular complexity index is 403. The molecule has 1 aliphatic heterocycles. The van der Waals surface area contributed by atoms with Gasteiger partial charge in [-0.1, -0.05) is 0 Å². The van der Waals surface area contributed by atoms with Gasteiger partial charge in [0.2, 0.25) is 5.88 Å². The molecule has 1 aliphatic rings. The molecule has 18 heavy (non-hydrogen) atoms. The van der Waals surface area contributed by atoms with Crippen LogP contribution >= 0.6 is 0 Å². The summed E-state index contributed by atoms with van der Waals surface area (Å²) in [5.74, 6) is 0.679. The van der Waals surface area contributed by atoms with Crippen LogP contribution in [0.5, 0.6) is 5.88 Å². The summed E-state index contributed by atoms with van der Waals surface area (Å²) in [7, 11) is 1.55. The summed E-state index contributed by atoms with van der Waals surface area (Å²) in [5.41, 5.74) is 0.708. The van der Waals surface area contributed by atoms with Crippen molar-refractivity contribution in [2.75, 3.05) is 13.7 Å². The maximum Gasteiger partial charge on any atom is 0.216 e. The third kappa shape index (κ3) is 3.77. The highest BCUT2D eigenvalue weighted by atomic mass is 16.5. The first-order valence-corrected chi connectivity index (χ1v) is 6.26. The van der Waals surface area contributed by atoms with Gasteiger partial charge < -0.3 is 9.47 Å². The maximum absolute atomic E-state index is 11.8. The lowest BCUT2D eigenvalue weighted by Gasteiger charge is -2.08. The Balaban J connectivity index is 1.78. The molecule has 2 rings (SSSR count). The predicted octanol–water partition coefficient (Wildman–Crippen LogP) is 1.56. The van der Waals surface area contributed by atoms with Crippen LogP contribution in [-0.4, -0.2) is 35.6 Å². The Kier molecular flexibility index (Phi) is 4.64. The Morgan fingerprint density at radius 1 is 1.56 bits per heavy atom. The standard InChI is InChI=1S/C13H18N2O3/c1-17-13-8-10(14-9-15-13)7-11(16)4-5-12-3-2-6-18-12/h8-9,12H,2-7H2,1H3. The summed E-state index contributed by atoms with van der Waals surface area (Å²) < 4.78 is 10.5. The van der Waals surface area contributed by atoms with Crippen molar-refractivity contribution in [1.82, 2.24) is 9.97 Å². The zero-order valence-corrected chi connectivity index (χ0v) is 10.6. The topological polar surface area (TPSA) is 61.3 Å². The van der Waals surface area contributed by atoms with Crippen molar-refractivity contribution in [3.63, 3.8) is 0 Å². The van der Waals surface area contributed by atoms with Gasteiger partial charge in [0, 0.05) is 25.5 Å². The van der Waals surface area contributed by atoms with Gasteiger partial charge in [-0.15, -0.1) is 0 Å². The lowest BCUT2D eigenvalue weighted by atomic mass is 10.1. The quantitative estimate of drug-likeness (QED) is 0.766.